The molecule has 0 aliphatic heterocycles. The zero-order chi connectivity index (χ0) is 14.8. The van der Waals surface area contributed by atoms with Crippen LogP contribution >= 0.6 is 0 Å². The van der Waals surface area contributed by atoms with Crippen LogP contribution in [-0.2, 0) is 17.1 Å². The fourth-order valence-electron chi connectivity index (χ4n) is 1.81. The first-order chi connectivity index (χ1) is 8.59. The van der Waals surface area contributed by atoms with E-state index in [0.717, 1.165) is 0 Å². The van der Waals surface area contributed by atoms with Gasteiger partial charge in [-0.05, 0) is 11.8 Å². The highest BCUT2D eigenvalue weighted by Gasteiger charge is 2.31. The minimum absolute atomic E-state index is 0.0355. The van der Waals surface area contributed by atoms with Crippen molar-refractivity contribution in [2.75, 3.05) is 12.3 Å². The Labute approximate surface area is 113 Å². The van der Waals surface area contributed by atoms with Crippen LogP contribution in [0.3, 0.4) is 0 Å². The molecule has 0 aliphatic rings. The second-order valence-electron chi connectivity index (χ2n) is 5.60. The quantitative estimate of drug-likeness (QED) is 0.711. The Morgan fingerprint density at radius 1 is 1.53 bits per heavy atom. The number of imidazole rings is 1. The molecule has 0 aromatic carbocycles. The lowest BCUT2D eigenvalue weighted by Crippen LogP contribution is -2.44. The third-order valence-corrected chi connectivity index (χ3v) is 4.53. The lowest BCUT2D eigenvalue weighted by molar-refractivity contribution is 0.214. The zero-order valence-electron chi connectivity index (χ0n) is 11.7. The molecule has 110 valence electrons. The summed E-state index contributed by atoms with van der Waals surface area (Å²) in [5.74, 6) is -0.0355. The van der Waals surface area contributed by atoms with Gasteiger partial charge in [-0.3, -0.25) is 0 Å². The molecule has 1 aromatic heterocycles. The Morgan fingerprint density at radius 2 is 2.11 bits per heavy atom. The van der Waals surface area contributed by atoms with E-state index in [9.17, 15) is 8.42 Å². The summed E-state index contributed by atoms with van der Waals surface area (Å²) in [6.45, 7) is 5.62. The SMILES string of the molecule is Cn1cnc(N)c1S(=O)(=O)NC(CCO)C(C)(C)C. The molecule has 0 amide bonds. The number of aromatic nitrogens is 2. The van der Waals surface area contributed by atoms with Crippen molar-refractivity contribution in [1.82, 2.24) is 14.3 Å². The molecule has 1 unspecified atom stereocenters. The van der Waals surface area contributed by atoms with E-state index in [2.05, 4.69) is 9.71 Å². The fourth-order valence-corrected chi connectivity index (χ4v) is 3.52. The highest BCUT2D eigenvalue weighted by Crippen LogP contribution is 2.24. The number of hydrogen-bond acceptors (Lipinski definition) is 5. The van der Waals surface area contributed by atoms with Gasteiger partial charge in [0.1, 0.15) is 0 Å². The number of nitrogens with one attached hydrogen (secondary N) is 1. The summed E-state index contributed by atoms with van der Waals surface area (Å²) in [7, 11) is -2.20. The van der Waals surface area contributed by atoms with Crippen LogP contribution in [0.15, 0.2) is 11.4 Å². The van der Waals surface area contributed by atoms with Gasteiger partial charge in [0.15, 0.2) is 10.8 Å². The molecule has 0 spiro atoms. The Balaban J connectivity index is 3.08. The predicted octanol–water partition coefficient (Wildman–Crippen LogP) is 0.0777. The van der Waals surface area contributed by atoms with E-state index in [0.29, 0.717) is 6.42 Å². The molecule has 4 N–H and O–H groups in total. The Hall–Kier alpha value is -1.12. The lowest BCUT2D eigenvalue weighted by Gasteiger charge is -2.30. The van der Waals surface area contributed by atoms with Crippen LogP contribution in [0.5, 0.6) is 0 Å². The molecule has 1 heterocycles. The molecule has 1 rings (SSSR count). The molecule has 7 nitrogen and oxygen atoms in total. The monoisotopic (exact) mass is 290 g/mol. The third-order valence-electron chi connectivity index (χ3n) is 2.92. The van der Waals surface area contributed by atoms with Crippen molar-refractivity contribution in [2.24, 2.45) is 12.5 Å². The van der Waals surface area contributed by atoms with Crippen molar-refractivity contribution >= 4 is 15.8 Å². The van der Waals surface area contributed by atoms with E-state index in [1.807, 2.05) is 20.8 Å². The van der Waals surface area contributed by atoms with Gasteiger partial charge in [0.2, 0.25) is 0 Å². The standard InChI is InChI=1S/C11H22N4O3S/c1-11(2,3)8(5-6-16)14-19(17,18)10-9(12)13-7-15(10)4/h7-8,14,16H,5-6,12H2,1-4H3. The van der Waals surface area contributed by atoms with Crippen LogP contribution in [0.4, 0.5) is 5.82 Å². The summed E-state index contributed by atoms with van der Waals surface area (Å²) in [6, 6.07) is -0.392. The van der Waals surface area contributed by atoms with E-state index in [4.69, 9.17) is 10.8 Å². The minimum Gasteiger partial charge on any atom is -0.396 e. The molecule has 1 aromatic rings. The average Bonchev–Trinajstić information content (AvgIpc) is 2.56. The number of nitrogens with zero attached hydrogens (tertiary/aromatic N) is 2. The maximum absolute atomic E-state index is 12.3. The molecule has 0 fully saturated rings. The first-order valence-electron chi connectivity index (χ1n) is 5.99. The van der Waals surface area contributed by atoms with Crippen molar-refractivity contribution in [3.63, 3.8) is 0 Å². The summed E-state index contributed by atoms with van der Waals surface area (Å²) in [5.41, 5.74) is 5.27. The third kappa shape index (κ3) is 3.68. The van der Waals surface area contributed by atoms with E-state index in [1.165, 1.54) is 10.9 Å². The molecule has 0 aliphatic carbocycles. The fraction of sp³-hybridized carbons (Fsp3) is 0.727. The number of nitrogen functional groups attached to an aromatic ring is 1. The van der Waals surface area contributed by atoms with Gasteiger partial charge in [-0.25, -0.2) is 18.1 Å². The second-order valence-corrected chi connectivity index (χ2v) is 7.23. The Kier molecular flexibility index (Phi) is 4.59. The maximum Gasteiger partial charge on any atom is 0.260 e. The van der Waals surface area contributed by atoms with Crippen LogP contribution in [-0.4, -0.2) is 35.7 Å². The highest BCUT2D eigenvalue weighted by molar-refractivity contribution is 7.89. The molecule has 0 bridgehead atoms. The summed E-state index contributed by atoms with van der Waals surface area (Å²) in [4.78, 5) is 3.77. The van der Waals surface area contributed by atoms with Gasteiger partial charge >= 0.3 is 0 Å². The summed E-state index contributed by atoms with van der Waals surface area (Å²) >= 11 is 0. The molecular weight excluding hydrogens is 268 g/mol. The van der Waals surface area contributed by atoms with Crippen LogP contribution in [0.1, 0.15) is 27.2 Å². The minimum atomic E-state index is -3.77. The zero-order valence-corrected chi connectivity index (χ0v) is 12.5. The van der Waals surface area contributed by atoms with Gasteiger partial charge in [-0.2, -0.15) is 0 Å². The number of aliphatic hydroxyl groups excluding tert-OH is 1. The van der Waals surface area contributed by atoms with Gasteiger partial charge < -0.3 is 15.4 Å². The van der Waals surface area contributed by atoms with Crippen LogP contribution in [0.2, 0.25) is 0 Å². The van der Waals surface area contributed by atoms with Gasteiger partial charge in [-0.15, -0.1) is 0 Å². The lowest BCUT2D eigenvalue weighted by atomic mass is 9.86. The number of anilines is 1. The number of aryl methyl sites for hydroxylation is 1. The summed E-state index contributed by atoms with van der Waals surface area (Å²) < 4.78 is 28.6. The van der Waals surface area contributed by atoms with Crippen molar-refractivity contribution in [2.45, 2.75) is 38.3 Å². The van der Waals surface area contributed by atoms with E-state index < -0.39 is 16.1 Å². The van der Waals surface area contributed by atoms with Gasteiger partial charge in [0.05, 0.1) is 6.33 Å². The predicted molar refractivity (Wildman–Crippen MR) is 72.9 cm³/mol. The van der Waals surface area contributed by atoms with Gasteiger partial charge in [0, 0.05) is 19.7 Å². The Bertz CT molecular complexity index is 511. The van der Waals surface area contributed by atoms with Crippen LogP contribution in [0, 0.1) is 5.41 Å². The van der Waals surface area contributed by atoms with Crippen molar-refractivity contribution in [3.8, 4) is 0 Å². The molecule has 0 radical (unpaired) electrons. The smallest absolute Gasteiger partial charge is 0.260 e. The topological polar surface area (TPSA) is 110 Å². The van der Waals surface area contributed by atoms with Crippen LogP contribution < -0.4 is 10.5 Å². The number of hydrogen-bond donors (Lipinski definition) is 3. The molecular formula is C11H22N4O3S. The van der Waals surface area contributed by atoms with Crippen molar-refractivity contribution < 1.29 is 13.5 Å². The van der Waals surface area contributed by atoms with Crippen molar-refractivity contribution in [1.29, 1.82) is 0 Å². The van der Waals surface area contributed by atoms with Gasteiger partial charge in [-0.1, -0.05) is 20.8 Å². The summed E-state index contributed by atoms with van der Waals surface area (Å²) in [6.07, 6.45) is 1.68. The number of sulfonamides is 1. The molecule has 19 heavy (non-hydrogen) atoms. The first-order valence-corrected chi connectivity index (χ1v) is 7.48. The molecule has 8 heteroatoms. The second kappa shape index (κ2) is 5.48. The molecule has 0 saturated carbocycles. The van der Waals surface area contributed by atoms with E-state index in [-0.39, 0.29) is 22.9 Å². The van der Waals surface area contributed by atoms with Crippen molar-refractivity contribution in [3.05, 3.63) is 6.33 Å². The van der Waals surface area contributed by atoms with Crippen LogP contribution in [0.25, 0.3) is 0 Å². The normalized spacial score (nSPS) is 14.6. The summed E-state index contributed by atoms with van der Waals surface area (Å²) in [5, 5.41) is 9.00. The largest absolute Gasteiger partial charge is 0.396 e. The Morgan fingerprint density at radius 3 is 2.47 bits per heavy atom. The first kappa shape index (κ1) is 15.9. The maximum atomic E-state index is 12.3. The number of nitrogens with two attached hydrogens (primary N) is 1. The van der Waals surface area contributed by atoms with E-state index >= 15 is 0 Å². The van der Waals surface area contributed by atoms with Gasteiger partial charge in [0.25, 0.3) is 10.0 Å². The average molecular weight is 290 g/mol. The van der Waals surface area contributed by atoms with E-state index in [1.54, 1.807) is 7.05 Å². The number of rotatable bonds is 5. The highest BCUT2D eigenvalue weighted by atomic mass is 32.2. The molecule has 1 atom stereocenters. The number of aliphatic hydroxyl groups is 1. The molecule has 0 saturated heterocycles.